The van der Waals surface area contributed by atoms with E-state index in [0.29, 0.717) is 11.3 Å². The van der Waals surface area contributed by atoms with Crippen LogP contribution in [0.5, 0.6) is 0 Å². The first-order chi connectivity index (χ1) is 12.0. The van der Waals surface area contributed by atoms with E-state index in [9.17, 15) is 19.1 Å². The lowest BCUT2D eigenvalue weighted by Gasteiger charge is -2.20. The summed E-state index contributed by atoms with van der Waals surface area (Å²) in [5.74, 6) is -1.69. The van der Waals surface area contributed by atoms with Crippen LogP contribution in [0.25, 0.3) is 10.8 Å². The fourth-order valence-electron chi connectivity index (χ4n) is 3.19. The third-order valence-electron chi connectivity index (χ3n) is 4.54. The Morgan fingerprint density at radius 3 is 2.60 bits per heavy atom. The van der Waals surface area contributed by atoms with Gasteiger partial charge in [-0.15, -0.1) is 0 Å². The fourth-order valence-corrected chi connectivity index (χ4v) is 3.19. The number of hydrogen-bond donors (Lipinski definition) is 2. The van der Waals surface area contributed by atoms with Gasteiger partial charge in [-0.25, -0.2) is 4.39 Å². The van der Waals surface area contributed by atoms with E-state index in [1.807, 2.05) is 30.3 Å². The molecule has 2 N–H and O–H groups in total. The van der Waals surface area contributed by atoms with Crippen molar-refractivity contribution in [1.29, 1.82) is 0 Å². The zero-order valence-corrected chi connectivity index (χ0v) is 13.1. The standard InChI is InChI=1S/C20H14FNO3/c21-15-7-8-17-16(10-15)20(25,19(24)22-17)11-18(23)14-6-5-12-3-1-2-4-13(12)9-14/h1-10,25H,11H2,(H,22,24). The first-order valence-electron chi connectivity index (χ1n) is 7.83. The molecular weight excluding hydrogens is 321 g/mol. The molecule has 0 bridgehead atoms. The number of Topliss-reactive ketones (excluding diaryl/α,β-unsaturated/α-hetero) is 1. The number of fused-ring (bicyclic) bond motifs is 2. The fraction of sp³-hybridized carbons (Fsp3) is 0.100. The van der Waals surface area contributed by atoms with Crippen LogP contribution in [0.4, 0.5) is 10.1 Å². The Morgan fingerprint density at radius 1 is 1.04 bits per heavy atom. The maximum atomic E-state index is 13.5. The highest BCUT2D eigenvalue weighted by Gasteiger charge is 2.47. The van der Waals surface area contributed by atoms with Crippen LogP contribution in [0, 0.1) is 5.82 Å². The van der Waals surface area contributed by atoms with E-state index >= 15 is 0 Å². The van der Waals surface area contributed by atoms with Gasteiger partial charge in [0.1, 0.15) is 5.82 Å². The molecule has 4 nitrogen and oxygen atoms in total. The quantitative estimate of drug-likeness (QED) is 0.721. The molecule has 0 saturated carbocycles. The Balaban J connectivity index is 1.70. The number of ketones is 1. The summed E-state index contributed by atoms with van der Waals surface area (Å²) in [6, 6.07) is 16.4. The maximum absolute atomic E-state index is 13.5. The molecule has 25 heavy (non-hydrogen) atoms. The number of rotatable bonds is 3. The smallest absolute Gasteiger partial charge is 0.261 e. The van der Waals surface area contributed by atoms with Gasteiger partial charge in [0, 0.05) is 16.8 Å². The number of hydrogen-bond acceptors (Lipinski definition) is 3. The Bertz CT molecular complexity index is 1030. The summed E-state index contributed by atoms with van der Waals surface area (Å²) >= 11 is 0. The summed E-state index contributed by atoms with van der Waals surface area (Å²) in [6.07, 6.45) is -0.451. The predicted octanol–water partition coefficient (Wildman–Crippen LogP) is 3.39. The molecule has 3 aromatic rings. The van der Waals surface area contributed by atoms with E-state index in [4.69, 9.17) is 0 Å². The lowest BCUT2D eigenvalue weighted by atomic mass is 9.87. The zero-order valence-electron chi connectivity index (χ0n) is 13.1. The number of halogens is 1. The van der Waals surface area contributed by atoms with Crippen molar-refractivity contribution in [1.82, 2.24) is 0 Å². The monoisotopic (exact) mass is 335 g/mol. The normalized spacial score (nSPS) is 18.9. The zero-order chi connectivity index (χ0) is 17.6. The van der Waals surface area contributed by atoms with Crippen molar-refractivity contribution in [3.63, 3.8) is 0 Å². The highest BCUT2D eigenvalue weighted by Crippen LogP contribution is 2.39. The number of carbonyl (C=O) groups is 2. The van der Waals surface area contributed by atoms with Crippen LogP contribution in [0.2, 0.25) is 0 Å². The van der Waals surface area contributed by atoms with Gasteiger partial charge < -0.3 is 10.4 Å². The molecule has 124 valence electrons. The minimum absolute atomic E-state index is 0.0895. The van der Waals surface area contributed by atoms with Gasteiger partial charge in [-0.2, -0.15) is 0 Å². The lowest BCUT2D eigenvalue weighted by molar-refractivity contribution is -0.133. The number of aliphatic hydroxyl groups is 1. The molecule has 3 aromatic carbocycles. The molecule has 1 heterocycles. The molecule has 1 amide bonds. The Labute approximate surface area is 142 Å². The van der Waals surface area contributed by atoms with Gasteiger partial charge in [-0.1, -0.05) is 36.4 Å². The van der Waals surface area contributed by atoms with E-state index in [-0.39, 0.29) is 11.3 Å². The summed E-state index contributed by atoms with van der Waals surface area (Å²) in [7, 11) is 0. The highest BCUT2D eigenvalue weighted by atomic mass is 19.1. The largest absolute Gasteiger partial charge is 0.375 e. The number of benzene rings is 3. The van der Waals surface area contributed by atoms with Gasteiger partial charge in [0.25, 0.3) is 5.91 Å². The maximum Gasteiger partial charge on any atom is 0.261 e. The highest BCUT2D eigenvalue weighted by molar-refractivity contribution is 6.10. The third-order valence-corrected chi connectivity index (χ3v) is 4.54. The summed E-state index contributed by atoms with van der Waals surface area (Å²) in [5.41, 5.74) is -1.27. The van der Waals surface area contributed by atoms with Gasteiger partial charge in [-0.3, -0.25) is 9.59 Å². The van der Waals surface area contributed by atoms with Gasteiger partial charge in [0.15, 0.2) is 11.4 Å². The molecule has 4 rings (SSSR count). The second-order valence-electron chi connectivity index (χ2n) is 6.17. The average molecular weight is 335 g/mol. The van der Waals surface area contributed by atoms with Crippen molar-refractivity contribution in [2.75, 3.05) is 5.32 Å². The van der Waals surface area contributed by atoms with E-state index in [1.54, 1.807) is 12.1 Å². The van der Waals surface area contributed by atoms with Crippen LogP contribution in [0.1, 0.15) is 22.3 Å². The number of carbonyl (C=O) groups excluding carboxylic acids is 2. The molecule has 0 spiro atoms. The predicted molar refractivity (Wildman–Crippen MR) is 91.8 cm³/mol. The van der Waals surface area contributed by atoms with Crippen molar-refractivity contribution in [2.45, 2.75) is 12.0 Å². The first-order valence-corrected chi connectivity index (χ1v) is 7.83. The molecule has 0 fully saturated rings. The Morgan fingerprint density at radius 2 is 1.80 bits per heavy atom. The minimum atomic E-state index is -2.07. The van der Waals surface area contributed by atoms with E-state index in [2.05, 4.69) is 5.32 Å². The van der Waals surface area contributed by atoms with Gasteiger partial charge in [-0.05, 0) is 35.0 Å². The van der Waals surface area contributed by atoms with Gasteiger partial charge in [0.2, 0.25) is 0 Å². The SMILES string of the molecule is O=C(CC1(O)C(=O)Nc2ccc(F)cc21)c1ccc2ccccc2c1. The molecule has 0 saturated heterocycles. The summed E-state index contributed by atoms with van der Waals surface area (Å²) < 4.78 is 13.5. The van der Waals surface area contributed by atoms with Crippen molar-refractivity contribution >= 4 is 28.2 Å². The summed E-state index contributed by atoms with van der Waals surface area (Å²) in [5, 5.41) is 15.2. The van der Waals surface area contributed by atoms with Crippen LogP contribution >= 0.6 is 0 Å². The van der Waals surface area contributed by atoms with E-state index in [1.165, 1.54) is 12.1 Å². The molecule has 0 radical (unpaired) electrons. The van der Waals surface area contributed by atoms with Gasteiger partial charge in [0.05, 0.1) is 6.42 Å². The second kappa shape index (κ2) is 5.50. The van der Waals surface area contributed by atoms with Crippen LogP contribution in [0.3, 0.4) is 0 Å². The van der Waals surface area contributed by atoms with Crippen molar-refractivity contribution < 1.29 is 19.1 Å². The van der Waals surface area contributed by atoms with E-state index < -0.39 is 23.7 Å². The first kappa shape index (κ1) is 15.5. The summed E-state index contributed by atoms with van der Waals surface area (Å²) in [4.78, 5) is 24.9. The number of nitrogens with one attached hydrogen (secondary N) is 1. The van der Waals surface area contributed by atoms with Crippen LogP contribution in [-0.4, -0.2) is 16.8 Å². The molecule has 5 heteroatoms. The number of amides is 1. The molecule has 1 aliphatic heterocycles. The Kier molecular flexibility index (Phi) is 3.40. The van der Waals surface area contributed by atoms with Crippen LogP contribution in [-0.2, 0) is 10.4 Å². The number of anilines is 1. The van der Waals surface area contributed by atoms with Gasteiger partial charge >= 0.3 is 0 Å². The lowest BCUT2D eigenvalue weighted by Crippen LogP contribution is -2.36. The third kappa shape index (κ3) is 2.49. The summed E-state index contributed by atoms with van der Waals surface area (Å²) in [6.45, 7) is 0. The van der Waals surface area contributed by atoms with Crippen LogP contribution < -0.4 is 5.32 Å². The molecule has 0 aliphatic carbocycles. The Hall–Kier alpha value is -3.05. The topological polar surface area (TPSA) is 66.4 Å². The van der Waals surface area contributed by atoms with E-state index in [0.717, 1.165) is 16.8 Å². The van der Waals surface area contributed by atoms with Crippen molar-refractivity contribution in [3.8, 4) is 0 Å². The minimum Gasteiger partial charge on any atom is -0.375 e. The van der Waals surface area contributed by atoms with Crippen molar-refractivity contribution in [3.05, 3.63) is 77.6 Å². The second-order valence-corrected chi connectivity index (χ2v) is 6.17. The average Bonchev–Trinajstić information content (AvgIpc) is 2.85. The van der Waals surface area contributed by atoms with Crippen LogP contribution in [0.15, 0.2) is 60.7 Å². The molecular formula is C20H14FNO3. The molecule has 1 unspecified atom stereocenters. The van der Waals surface area contributed by atoms with Crippen molar-refractivity contribution in [2.24, 2.45) is 0 Å². The molecule has 1 aliphatic rings. The molecule has 1 atom stereocenters. The molecule has 0 aromatic heterocycles.